The molecule has 0 radical (unpaired) electrons. The predicted molar refractivity (Wildman–Crippen MR) is 94.7 cm³/mol. The van der Waals surface area contributed by atoms with E-state index < -0.39 is 0 Å². The van der Waals surface area contributed by atoms with Gasteiger partial charge >= 0.3 is 0 Å². The number of rotatable bonds is 5. The summed E-state index contributed by atoms with van der Waals surface area (Å²) in [5.41, 5.74) is 3.17. The van der Waals surface area contributed by atoms with Crippen molar-refractivity contribution < 1.29 is 9.21 Å². The second-order valence-electron chi connectivity index (χ2n) is 6.37. The SMILES string of the molecule is CC(C)c1ccc(-n2cc(CN(C)C(=O)c3coc(C#N)c3)nn2)cc1. The van der Waals surface area contributed by atoms with Crippen molar-refractivity contribution in [1.82, 2.24) is 19.9 Å². The van der Waals surface area contributed by atoms with Crippen molar-refractivity contribution in [3.63, 3.8) is 0 Å². The van der Waals surface area contributed by atoms with E-state index in [0.29, 0.717) is 23.7 Å². The molecular formula is C19H19N5O2. The summed E-state index contributed by atoms with van der Waals surface area (Å²) in [5.74, 6) is 0.336. The standard InChI is InChI=1S/C19H19N5O2/c1-13(2)14-4-6-17(7-5-14)24-11-16(21-22-24)10-23(3)19(25)15-8-18(9-20)26-12-15/h4-8,11-13H,10H2,1-3H3. The van der Waals surface area contributed by atoms with Gasteiger partial charge < -0.3 is 9.32 Å². The van der Waals surface area contributed by atoms with E-state index in [1.807, 2.05) is 18.2 Å². The van der Waals surface area contributed by atoms with Crippen LogP contribution >= 0.6 is 0 Å². The summed E-state index contributed by atoms with van der Waals surface area (Å²) < 4.78 is 6.67. The van der Waals surface area contributed by atoms with E-state index in [9.17, 15) is 4.79 Å². The zero-order valence-electron chi connectivity index (χ0n) is 14.9. The molecule has 26 heavy (non-hydrogen) atoms. The van der Waals surface area contributed by atoms with E-state index in [4.69, 9.17) is 9.68 Å². The van der Waals surface area contributed by atoms with Gasteiger partial charge in [-0.05, 0) is 23.6 Å². The van der Waals surface area contributed by atoms with Crippen LogP contribution in [0.2, 0.25) is 0 Å². The van der Waals surface area contributed by atoms with Gasteiger partial charge in [0.15, 0.2) is 0 Å². The van der Waals surface area contributed by atoms with Crippen LogP contribution in [0.25, 0.3) is 5.69 Å². The van der Waals surface area contributed by atoms with E-state index in [0.717, 1.165) is 5.69 Å². The van der Waals surface area contributed by atoms with Crippen LogP contribution in [0.4, 0.5) is 0 Å². The normalized spacial score (nSPS) is 10.7. The topological polar surface area (TPSA) is 88.0 Å². The van der Waals surface area contributed by atoms with E-state index in [-0.39, 0.29) is 11.7 Å². The van der Waals surface area contributed by atoms with Gasteiger partial charge in [-0.1, -0.05) is 31.2 Å². The Labute approximate surface area is 151 Å². The number of nitrogens with zero attached hydrogens (tertiary/aromatic N) is 5. The van der Waals surface area contributed by atoms with Gasteiger partial charge in [0, 0.05) is 13.1 Å². The Morgan fingerprint density at radius 2 is 2.08 bits per heavy atom. The summed E-state index contributed by atoms with van der Waals surface area (Å²) in [6.45, 7) is 4.60. The molecule has 0 unspecified atom stereocenters. The fourth-order valence-electron chi connectivity index (χ4n) is 2.55. The van der Waals surface area contributed by atoms with E-state index in [1.54, 1.807) is 17.9 Å². The largest absolute Gasteiger partial charge is 0.453 e. The third-order valence-corrected chi connectivity index (χ3v) is 4.07. The predicted octanol–water partition coefficient (Wildman–Crippen LogP) is 3.13. The highest BCUT2D eigenvalue weighted by atomic mass is 16.3. The van der Waals surface area contributed by atoms with Crippen LogP contribution in [0, 0.1) is 11.3 Å². The highest BCUT2D eigenvalue weighted by Crippen LogP contribution is 2.17. The lowest BCUT2D eigenvalue weighted by Crippen LogP contribution is -2.26. The molecule has 0 saturated carbocycles. The number of aromatic nitrogens is 3. The number of nitriles is 1. The quantitative estimate of drug-likeness (QED) is 0.706. The maximum atomic E-state index is 12.4. The van der Waals surface area contributed by atoms with Crippen LogP contribution in [-0.4, -0.2) is 32.8 Å². The Hall–Kier alpha value is -3.40. The van der Waals surface area contributed by atoms with Crippen molar-refractivity contribution in [3.8, 4) is 11.8 Å². The third-order valence-electron chi connectivity index (χ3n) is 4.07. The molecule has 1 aromatic carbocycles. The number of benzene rings is 1. The smallest absolute Gasteiger partial charge is 0.257 e. The molecule has 2 aromatic heterocycles. The minimum Gasteiger partial charge on any atom is -0.453 e. The van der Waals surface area contributed by atoms with Gasteiger partial charge in [-0.25, -0.2) is 4.68 Å². The Morgan fingerprint density at radius 3 is 2.69 bits per heavy atom. The molecule has 3 rings (SSSR count). The first kappa shape index (κ1) is 17.4. The molecule has 0 bridgehead atoms. The minimum atomic E-state index is -0.244. The maximum Gasteiger partial charge on any atom is 0.257 e. The molecule has 7 heteroatoms. The van der Waals surface area contributed by atoms with Crippen molar-refractivity contribution in [1.29, 1.82) is 5.26 Å². The Balaban J connectivity index is 1.69. The van der Waals surface area contributed by atoms with Crippen LogP contribution in [0.1, 0.15) is 47.1 Å². The molecule has 0 spiro atoms. The van der Waals surface area contributed by atoms with Crippen molar-refractivity contribution in [2.45, 2.75) is 26.3 Å². The summed E-state index contributed by atoms with van der Waals surface area (Å²) in [4.78, 5) is 13.9. The van der Waals surface area contributed by atoms with Crippen molar-refractivity contribution in [2.24, 2.45) is 0 Å². The number of furan rings is 1. The first-order valence-corrected chi connectivity index (χ1v) is 8.23. The molecule has 0 N–H and O–H groups in total. The van der Waals surface area contributed by atoms with Crippen LogP contribution in [-0.2, 0) is 6.54 Å². The molecule has 0 atom stereocenters. The second kappa shape index (κ2) is 7.23. The van der Waals surface area contributed by atoms with E-state index in [2.05, 4.69) is 36.3 Å². The molecule has 2 heterocycles. The van der Waals surface area contributed by atoms with E-state index in [1.165, 1.54) is 22.8 Å². The molecule has 3 aromatic rings. The lowest BCUT2D eigenvalue weighted by Gasteiger charge is -2.13. The van der Waals surface area contributed by atoms with Crippen LogP contribution in [0.3, 0.4) is 0 Å². The van der Waals surface area contributed by atoms with E-state index >= 15 is 0 Å². The number of hydrogen-bond donors (Lipinski definition) is 0. The van der Waals surface area contributed by atoms with Crippen LogP contribution in [0.5, 0.6) is 0 Å². The fourth-order valence-corrected chi connectivity index (χ4v) is 2.55. The molecular weight excluding hydrogens is 330 g/mol. The Kier molecular flexibility index (Phi) is 4.85. The first-order chi connectivity index (χ1) is 12.5. The van der Waals surface area contributed by atoms with Gasteiger partial charge in [0.25, 0.3) is 5.91 Å². The molecule has 7 nitrogen and oxygen atoms in total. The minimum absolute atomic E-state index is 0.109. The molecule has 0 aliphatic carbocycles. The van der Waals surface area contributed by atoms with Crippen LogP contribution in [0.15, 0.2) is 47.2 Å². The van der Waals surface area contributed by atoms with Crippen LogP contribution < -0.4 is 0 Å². The Morgan fingerprint density at radius 1 is 1.35 bits per heavy atom. The fraction of sp³-hybridized carbons (Fsp3) is 0.263. The Bertz CT molecular complexity index is 947. The summed E-state index contributed by atoms with van der Waals surface area (Å²) in [7, 11) is 1.66. The first-order valence-electron chi connectivity index (χ1n) is 8.23. The van der Waals surface area contributed by atoms with Gasteiger partial charge in [0.1, 0.15) is 18.0 Å². The monoisotopic (exact) mass is 349 g/mol. The maximum absolute atomic E-state index is 12.4. The lowest BCUT2D eigenvalue weighted by molar-refractivity contribution is 0.0782. The zero-order chi connectivity index (χ0) is 18.7. The van der Waals surface area contributed by atoms with Gasteiger partial charge in [-0.15, -0.1) is 5.10 Å². The van der Waals surface area contributed by atoms with Gasteiger partial charge in [0.2, 0.25) is 5.76 Å². The van der Waals surface area contributed by atoms with Crippen molar-refractivity contribution >= 4 is 5.91 Å². The molecule has 1 amide bonds. The summed E-state index contributed by atoms with van der Waals surface area (Å²) in [6.07, 6.45) is 3.08. The summed E-state index contributed by atoms with van der Waals surface area (Å²) >= 11 is 0. The average molecular weight is 349 g/mol. The number of carbonyl (C=O) groups is 1. The molecule has 0 saturated heterocycles. The zero-order valence-corrected chi connectivity index (χ0v) is 14.9. The number of amides is 1. The lowest BCUT2D eigenvalue weighted by atomic mass is 10.0. The van der Waals surface area contributed by atoms with Crippen molar-refractivity contribution in [3.05, 3.63) is 65.4 Å². The third kappa shape index (κ3) is 3.64. The highest BCUT2D eigenvalue weighted by Gasteiger charge is 2.16. The van der Waals surface area contributed by atoms with Gasteiger partial charge in [0.05, 0.1) is 24.0 Å². The molecule has 0 aliphatic heterocycles. The summed E-state index contributed by atoms with van der Waals surface area (Å²) in [6, 6.07) is 11.4. The second-order valence-corrected chi connectivity index (χ2v) is 6.37. The summed E-state index contributed by atoms with van der Waals surface area (Å²) in [5, 5.41) is 17.0. The van der Waals surface area contributed by atoms with Gasteiger partial charge in [-0.2, -0.15) is 5.26 Å². The highest BCUT2D eigenvalue weighted by molar-refractivity contribution is 5.93. The number of hydrogen-bond acceptors (Lipinski definition) is 5. The molecule has 132 valence electrons. The average Bonchev–Trinajstić information content (AvgIpc) is 3.30. The molecule has 0 fully saturated rings. The molecule has 0 aliphatic rings. The number of carbonyl (C=O) groups excluding carboxylic acids is 1. The van der Waals surface area contributed by atoms with Gasteiger partial charge in [-0.3, -0.25) is 4.79 Å². The van der Waals surface area contributed by atoms with Crippen molar-refractivity contribution in [2.75, 3.05) is 7.05 Å².